The Labute approximate surface area is 124 Å². The first-order valence-electron chi connectivity index (χ1n) is 7.36. The molecule has 21 heavy (non-hydrogen) atoms. The summed E-state index contributed by atoms with van der Waals surface area (Å²) in [6.45, 7) is 4.42. The third-order valence-electron chi connectivity index (χ3n) is 5.03. The van der Waals surface area contributed by atoms with Gasteiger partial charge in [0, 0.05) is 24.8 Å². The monoisotopic (exact) mass is 283 g/mol. The van der Waals surface area contributed by atoms with E-state index in [0.29, 0.717) is 11.8 Å². The summed E-state index contributed by atoms with van der Waals surface area (Å²) in [5.74, 6) is 1.50. The maximum atomic E-state index is 13.7. The maximum absolute atomic E-state index is 13.7. The van der Waals surface area contributed by atoms with Crippen LogP contribution in [-0.2, 0) is 0 Å². The SMILES string of the molecule is CC1c2cc(F)ccc2N2c3ncccc3N(C)C2C1C. The van der Waals surface area contributed by atoms with E-state index >= 15 is 0 Å². The zero-order valence-electron chi connectivity index (χ0n) is 12.4. The van der Waals surface area contributed by atoms with Gasteiger partial charge in [0.05, 0.1) is 5.69 Å². The van der Waals surface area contributed by atoms with Gasteiger partial charge in [-0.25, -0.2) is 9.37 Å². The normalized spacial score (nSPS) is 26.4. The highest BCUT2D eigenvalue weighted by Gasteiger charge is 2.45. The maximum Gasteiger partial charge on any atom is 0.158 e. The van der Waals surface area contributed by atoms with Gasteiger partial charge in [-0.15, -0.1) is 0 Å². The molecule has 2 aromatic rings. The number of halogens is 1. The lowest BCUT2D eigenvalue weighted by atomic mass is 9.81. The summed E-state index contributed by atoms with van der Waals surface area (Å²) in [5, 5.41) is 0. The predicted octanol–water partition coefficient (Wildman–Crippen LogP) is 3.89. The summed E-state index contributed by atoms with van der Waals surface area (Å²) in [6.07, 6.45) is 2.06. The summed E-state index contributed by atoms with van der Waals surface area (Å²) < 4.78 is 13.7. The molecule has 0 amide bonds. The van der Waals surface area contributed by atoms with Gasteiger partial charge in [0.15, 0.2) is 5.82 Å². The minimum atomic E-state index is -0.167. The van der Waals surface area contributed by atoms with Crippen LogP contribution >= 0.6 is 0 Å². The molecule has 0 saturated carbocycles. The van der Waals surface area contributed by atoms with Crippen LogP contribution in [0.2, 0.25) is 0 Å². The van der Waals surface area contributed by atoms with Crippen LogP contribution in [0, 0.1) is 11.7 Å². The zero-order valence-corrected chi connectivity index (χ0v) is 12.4. The van der Waals surface area contributed by atoms with E-state index < -0.39 is 0 Å². The van der Waals surface area contributed by atoms with E-state index in [1.54, 1.807) is 12.1 Å². The molecule has 2 aliphatic rings. The summed E-state index contributed by atoms with van der Waals surface area (Å²) in [4.78, 5) is 9.11. The van der Waals surface area contributed by atoms with Crippen LogP contribution in [0.1, 0.15) is 25.3 Å². The highest BCUT2D eigenvalue weighted by molar-refractivity contribution is 5.83. The number of benzene rings is 1. The molecule has 0 fully saturated rings. The van der Waals surface area contributed by atoms with Gasteiger partial charge in [0.25, 0.3) is 0 Å². The fourth-order valence-electron chi connectivity index (χ4n) is 3.79. The van der Waals surface area contributed by atoms with Crippen molar-refractivity contribution in [1.82, 2.24) is 4.98 Å². The van der Waals surface area contributed by atoms with Crippen LogP contribution in [0.25, 0.3) is 0 Å². The third-order valence-corrected chi connectivity index (χ3v) is 5.03. The van der Waals surface area contributed by atoms with Gasteiger partial charge in [0.1, 0.15) is 12.0 Å². The van der Waals surface area contributed by atoms with E-state index in [1.807, 2.05) is 18.3 Å². The van der Waals surface area contributed by atoms with Crippen molar-refractivity contribution in [3.8, 4) is 0 Å². The number of hydrogen-bond donors (Lipinski definition) is 0. The molecule has 0 bridgehead atoms. The lowest BCUT2D eigenvalue weighted by Crippen LogP contribution is -2.48. The van der Waals surface area contributed by atoms with Crippen LogP contribution in [0.5, 0.6) is 0 Å². The minimum absolute atomic E-state index is 0.167. The van der Waals surface area contributed by atoms with Crippen molar-refractivity contribution in [3.63, 3.8) is 0 Å². The molecule has 0 radical (unpaired) electrons. The zero-order chi connectivity index (χ0) is 14.7. The summed E-state index contributed by atoms with van der Waals surface area (Å²) in [7, 11) is 2.11. The van der Waals surface area contributed by atoms with Crippen molar-refractivity contribution >= 4 is 17.2 Å². The molecule has 3 heterocycles. The van der Waals surface area contributed by atoms with Crippen molar-refractivity contribution in [2.45, 2.75) is 25.9 Å². The Morgan fingerprint density at radius 2 is 1.95 bits per heavy atom. The van der Waals surface area contributed by atoms with E-state index in [4.69, 9.17) is 0 Å². The average molecular weight is 283 g/mol. The van der Waals surface area contributed by atoms with Gasteiger partial charge >= 0.3 is 0 Å². The fourth-order valence-corrected chi connectivity index (χ4v) is 3.79. The topological polar surface area (TPSA) is 19.4 Å². The number of rotatable bonds is 0. The molecule has 108 valence electrons. The van der Waals surface area contributed by atoms with Gasteiger partial charge in [-0.2, -0.15) is 0 Å². The first-order chi connectivity index (χ1) is 10.1. The van der Waals surface area contributed by atoms with Gasteiger partial charge < -0.3 is 9.80 Å². The van der Waals surface area contributed by atoms with E-state index in [-0.39, 0.29) is 12.0 Å². The molecule has 0 saturated heterocycles. The fraction of sp³-hybridized carbons (Fsp3) is 0.353. The number of fused-ring (bicyclic) bond motifs is 5. The van der Waals surface area contributed by atoms with Crippen LogP contribution in [0.4, 0.5) is 21.6 Å². The van der Waals surface area contributed by atoms with E-state index in [0.717, 1.165) is 22.8 Å². The van der Waals surface area contributed by atoms with Crippen LogP contribution in [0.15, 0.2) is 36.5 Å². The van der Waals surface area contributed by atoms with E-state index in [1.165, 1.54) is 0 Å². The molecule has 3 nitrogen and oxygen atoms in total. The van der Waals surface area contributed by atoms with Gasteiger partial charge in [-0.05, 0) is 41.8 Å². The van der Waals surface area contributed by atoms with Crippen molar-refractivity contribution in [3.05, 3.63) is 47.9 Å². The molecule has 3 unspecified atom stereocenters. The van der Waals surface area contributed by atoms with Gasteiger partial charge in [0.2, 0.25) is 0 Å². The molecule has 0 aliphatic carbocycles. The molecule has 4 heteroatoms. The number of anilines is 3. The van der Waals surface area contributed by atoms with E-state index in [9.17, 15) is 4.39 Å². The molecular formula is C17H18FN3. The summed E-state index contributed by atoms with van der Waals surface area (Å²) in [5.41, 5.74) is 3.29. The summed E-state index contributed by atoms with van der Waals surface area (Å²) in [6, 6.07) is 9.17. The second-order valence-electron chi connectivity index (χ2n) is 6.09. The number of pyridine rings is 1. The molecule has 1 aromatic heterocycles. The molecular weight excluding hydrogens is 265 g/mol. The Kier molecular flexibility index (Phi) is 2.52. The first-order valence-corrected chi connectivity index (χ1v) is 7.36. The van der Waals surface area contributed by atoms with Crippen LogP contribution in [0.3, 0.4) is 0 Å². The average Bonchev–Trinajstić information content (AvgIpc) is 2.79. The van der Waals surface area contributed by atoms with Crippen molar-refractivity contribution in [1.29, 1.82) is 0 Å². The van der Waals surface area contributed by atoms with Crippen molar-refractivity contribution in [2.75, 3.05) is 16.8 Å². The van der Waals surface area contributed by atoms with Gasteiger partial charge in [-0.3, -0.25) is 0 Å². The standard InChI is InChI=1S/C17H18FN3/c1-10-11(2)17-20(3)15-5-4-8-19-16(15)21(17)14-7-6-12(18)9-13(10)14/h4-11,17H,1-3H3. The Hall–Kier alpha value is -2.10. The number of nitrogens with zero attached hydrogens (tertiary/aromatic N) is 3. The summed E-state index contributed by atoms with van der Waals surface area (Å²) >= 11 is 0. The lowest BCUT2D eigenvalue weighted by Gasteiger charge is -2.43. The second-order valence-corrected chi connectivity index (χ2v) is 6.09. The van der Waals surface area contributed by atoms with Gasteiger partial charge in [-0.1, -0.05) is 13.8 Å². The largest absolute Gasteiger partial charge is 0.351 e. The smallest absolute Gasteiger partial charge is 0.158 e. The second kappa shape index (κ2) is 4.20. The molecule has 0 N–H and O–H groups in total. The Morgan fingerprint density at radius 3 is 2.76 bits per heavy atom. The first kappa shape index (κ1) is 12.6. The molecule has 0 spiro atoms. The van der Waals surface area contributed by atoms with Crippen LogP contribution < -0.4 is 9.80 Å². The minimum Gasteiger partial charge on any atom is -0.351 e. The van der Waals surface area contributed by atoms with Crippen molar-refractivity contribution < 1.29 is 4.39 Å². The predicted molar refractivity (Wildman–Crippen MR) is 82.5 cm³/mol. The van der Waals surface area contributed by atoms with Crippen molar-refractivity contribution in [2.24, 2.45) is 5.92 Å². The van der Waals surface area contributed by atoms with Crippen LogP contribution in [-0.4, -0.2) is 18.2 Å². The highest BCUT2D eigenvalue weighted by Crippen LogP contribution is 2.52. The molecule has 4 rings (SSSR count). The Balaban J connectivity index is 1.98. The molecule has 2 aliphatic heterocycles. The molecule has 3 atom stereocenters. The molecule has 1 aromatic carbocycles. The quantitative estimate of drug-likeness (QED) is 0.731. The number of aromatic nitrogens is 1. The third kappa shape index (κ3) is 1.56. The Bertz CT molecular complexity index is 715. The number of hydrogen-bond acceptors (Lipinski definition) is 3. The van der Waals surface area contributed by atoms with E-state index in [2.05, 4.69) is 41.7 Å². The lowest BCUT2D eigenvalue weighted by molar-refractivity contribution is 0.378. The highest BCUT2D eigenvalue weighted by atomic mass is 19.1. The Morgan fingerprint density at radius 1 is 1.14 bits per heavy atom.